The molecule has 2 aromatic rings. The zero-order valence-corrected chi connectivity index (χ0v) is 9.41. The quantitative estimate of drug-likeness (QED) is 0.824. The first-order chi connectivity index (χ1) is 8.56. The topological polar surface area (TPSA) is 98.2 Å². The van der Waals surface area contributed by atoms with Crippen molar-refractivity contribution in [2.45, 2.75) is 6.54 Å². The van der Waals surface area contributed by atoms with Crippen molar-refractivity contribution in [1.29, 1.82) is 0 Å². The van der Waals surface area contributed by atoms with Crippen LogP contribution in [0.25, 0.3) is 11.1 Å². The second-order valence-corrected chi connectivity index (χ2v) is 3.75. The maximum Gasteiger partial charge on any atom is 0.323 e. The van der Waals surface area contributed by atoms with Crippen LogP contribution in [0, 0.1) is 0 Å². The van der Waals surface area contributed by atoms with E-state index in [1.807, 2.05) is 0 Å². The van der Waals surface area contributed by atoms with Crippen molar-refractivity contribution < 1.29 is 9.90 Å². The van der Waals surface area contributed by atoms with Gasteiger partial charge in [-0.15, -0.1) is 0 Å². The summed E-state index contributed by atoms with van der Waals surface area (Å²) in [7, 11) is 0. The van der Waals surface area contributed by atoms with Gasteiger partial charge in [-0.25, -0.2) is 4.98 Å². The predicted molar refractivity (Wildman–Crippen MR) is 66.0 cm³/mol. The summed E-state index contributed by atoms with van der Waals surface area (Å²) in [5.41, 5.74) is 6.60. The first kappa shape index (κ1) is 11.8. The fourth-order valence-corrected chi connectivity index (χ4v) is 1.55. The molecule has 2 heterocycles. The third kappa shape index (κ3) is 2.54. The molecule has 92 valence electrons. The minimum atomic E-state index is -1.07. The SMILES string of the molecule is Nc1ccc(-c2ccc(=O)n(CC(=O)O)c2)cn1. The lowest BCUT2D eigenvalue weighted by Gasteiger charge is -2.06. The number of aliphatic carboxylic acids is 1. The molecule has 3 N–H and O–H groups in total. The van der Waals surface area contributed by atoms with Crippen molar-refractivity contribution in [3.63, 3.8) is 0 Å². The fourth-order valence-electron chi connectivity index (χ4n) is 1.55. The third-order valence-electron chi connectivity index (χ3n) is 2.41. The summed E-state index contributed by atoms with van der Waals surface area (Å²) < 4.78 is 1.13. The molecular weight excluding hydrogens is 234 g/mol. The second-order valence-electron chi connectivity index (χ2n) is 3.75. The Morgan fingerprint density at radius 2 is 2.00 bits per heavy atom. The summed E-state index contributed by atoms with van der Waals surface area (Å²) in [6.45, 7) is -0.366. The van der Waals surface area contributed by atoms with Gasteiger partial charge in [-0.1, -0.05) is 0 Å². The Kier molecular flexibility index (Phi) is 3.09. The number of rotatable bonds is 3. The first-order valence-corrected chi connectivity index (χ1v) is 5.20. The van der Waals surface area contributed by atoms with Crippen LogP contribution in [0.4, 0.5) is 5.82 Å². The Morgan fingerprint density at radius 1 is 1.28 bits per heavy atom. The molecule has 0 spiro atoms. The standard InChI is InChI=1S/C12H11N3O3/c13-10-3-1-8(5-14-10)9-2-4-11(16)15(6-9)7-12(17)18/h1-6H,7H2,(H2,13,14)(H,17,18). The van der Waals surface area contributed by atoms with Crippen molar-refractivity contribution in [1.82, 2.24) is 9.55 Å². The molecule has 0 aliphatic heterocycles. The van der Waals surface area contributed by atoms with Crippen LogP contribution in [-0.2, 0) is 11.3 Å². The maximum atomic E-state index is 11.5. The lowest BCUT2D eigenvalue weighted by molar-refractivity contribution is -0.137. The highest BCUT2D eigenvalue weighted by molar-refractivity contribution is 5.67. The lowest BCUT2D eigenvalue weighted by atomic mass is 10.1. The summed E-state index contributed by atoms with van der Waals surface area (Å²) in [5.74, 6) is -0.665. The van der Waals surface area contributed by atoms with Crippen LogP contribution < -0.4 is 11.3 Å². The van der Waals surface area contributed by atoms with Crippen LogP contribution in [-0.4, -0.2) is 20.6 Å². The molecule has 18 heavy (non-hydrogen) atoms. The average Bonchev–Trinajstić information content (AvgIpc) is 2.32. The van der Waals surface area contributed by atoms with Gasteiger partial charge in [-0.2, -0.15) is 0 Å². The number of aromatic nitrogens is 2. The van der Waals surface area contributed by atoms with E-state index in [1.165, 1.54) is 12.3 Å². The normalized spacial score (nSPS) is 10.2. The number of hydrogen-bond donors (Lipinski definition) is 2. The van der Waals surface area contributed by atoms with Gasteiger partial charge < -0.3 is 15.4 Å². The number of pyridine rings is 2. The van der Waals surface area contributed by atoms with Gasteiger partial charge in [0.25, 0.3) is 5.56 Å². The molecule has 0 bridgehead atoms. The van der Waals surface area contributed by atoms with Crippen LogP contribution in [0.15, 0.2) is 41.5 Å². The van der Waals surface area contributed by atoms with Crippen LogP contribution in [0.2, 0.25) is 0 Å². The predicted octanol–water partition coefficient (Wildman–Crippen LogP) is 0.577. The van der Waals surface area contributed by atoms with Crippen LogP contribution in [0.1, 0.15) is 0 Å². The Morgan fingerprint density at radius 3 is 2.61 bits per heavy atom. The molecule has 0 aliphatic carbocycles. The first-order valence-electron chi connectivity index (χ1n) is 5.20. The van der Waals surface area contributed by atoms with E-state index in [-0.39, 0.29) is 12.1 Å². The third-order valence-corrected chi connectivity index (χ3v) is 2.41. The molecular formula is C12H11N3O3. The van der Waals surface area contributed by atoms with E-state index >= 15 is 0 Å². The summed E-state index contributed by atoms with van der Waals surface area (Å²) in [5, 5.41) is 8.70. The van der Waals surface area contributed by atoms with Gasteiger partial charge >= 0.3 is 5.97 Å². The van der Waals surface area contributed by atoms with Crippen molar-refractivity contribution in [2.75, 3.05) is 5.73 Å². The van der Waals surface area contributed by atoms with Gasteiger partial charge in [0.1, 0.15) is 12.4 Å². The summed E-state index contributed by atoms with van der Waals surface area (Å²) in [6.07, 6.45) is 3.06. The Hall–Kier alpha value is -2.63. The smallest absolute Gasteiger partial charge is 0.323 e. The van der Waals surface area contributed by atoms with E-state index in [9.17, 15) is 9.59 Å². The molecule has 2 aromatic heterocycles. The molecule has 0 atom stereocenters. The molecule has 6 nitrogen and oxygen atoms in total. The number of carboxylic acids is 1. The van der Waals surface area contributed by atoms with E-state index in [1.54, 1.807) is 24.4 Å². The van der Waals surface area contributed by atoms with Gasteiger partial charge in [0.2, 0.25) is 0 Å². The monoisotopic (exact) mass is 245 g/mol. The number of hydrogen-bond acceptors (Lipinski definition) is 4. The maximum absolute atomic E-state index is 11.5. The Bertz CT molecular complexity index is 632. The molecule has 2 rings (SSSR count). The Balaban J connectivity index is 2.43. The van der Waals surface area contributed by atoms with Crippen molar-refractivity contribution in [3.8, 4) is 11.1 Å². The number of nitrogens with two attached hydrogens (primary N) is 1. The van der Waals surface area contributed by atoms with E-state index in [4.69, 9.17) is 10.8 Å². The van der Waals surface area contributed by atoms with Gasteiger partial charge in [-0.3, -0.25) is 9.59 Å². The summed E-state index contributed by atoms with van der Waals surface area (Å²) in [4.78, 5) is 26.0. The molecule has 0 fully saturated rings. The minimum Gasteiger partial charge on any atom is -0.480 e. The van der Waals surface area contributed by atoms with E-state index < -0.39 is 5.97 Å². The molecule has 0 aliphatic rings. The van der Waals surface area contributed by atoms with Crippen molar-refractivity contribution in [2.24, 2.45) is 0 Å². The van der Waals surface area contributed by atoms with E-state index in [2.05, 4.69) is 4.98 Å². The Labute approximate surface area is 102 Å². The molecule has 0 amide bonds. The summed E-state index contributed by atoms with van der Waals surface area (Å²) >= 11 is 0. The van der Waals surface area contributed by atoms with Crippen molar-refractivity contribution >= 4 is 11.8 Å². The number of anilines is 1. The average molecular weight is 245 g/mol. The molecule has 0 aromatic carbocycles. The molecule has 0 saturated heterocycles. The van der Waals surface area contributed by atoms with Crippen molar-refractivity contribution in [3.05, 3.63) is 47.0 Å². The highest BCUT2D eigenvalue weighted by atomic mass is 16.4. The number of nitrogen functional groups attached to an aromatic ring is 1. The largest absolute Gasteiger partial charge is 0.480 e. The van der Waals surface area contributed by atoms with Gasteiger partial charge in [0.15, 0.2) is 0 Å². The second kappa shape index (κ2) is 4.70. The van der Waals surface area contributed by atoms with E-state index in [0.717, 1.165) is 10.1 Å². The zero-order valence-electron chi connectivity index (χ0n) is 9.41. The number of carboxylic acid groups (broad SMARTS) is 1. The molecule has 0 unspecified atom stereocenters. The van der Waals surface area contributed by atoms with Crippen LogP contribution in [0.3, 0.4) is 0 Å². The van der Waals surface area contributed by atoms with Gasteiger partial charge in [0.05, 0.1) is 0 Å². The number of carbonyl (C=O) groups is 1. The minimum absolute atomic E-state index is 0.357. The van der Waals surface area contributed by atoms with Crippen LogP contribution >= 0.6 is 0 Å². The summed E-state index contributed by atoms with van der Waals surface area (Å²) in [6, 6.07) is 6.34. The molecule has 6 heteroatoms. The highest BCUT2D eigenvalue weighted by Crippen LogP contribution is 2.17. The highest BCUT2D eigenvalue weighted by Gasteiger charge is 2.05. The fraction of sp³-hybridized carbons (Fsp3) is 0.0833. The van der Waals surface area contributed by atoms with E-state index in [0.29, 0.717) is 11.4 Å². The molecule has 0 radical (unpaired) electrons. The lowest BCUT2D eigenvalue weighted by Crippen LogP contribution is -2.22. The number of nitrogens with zero attached hydrogens (tertiary/aromatic N) is 2. The van der Waals surface area contributed by atoms with Crippen LogP contribution in [0.5, 0.6) is 0 Å². The zero-order chi connectivity index (χ0) is 13.1. The van der Waals surface area contributed by atoms with Gasteiger partial charge in [-0.05, 0) is 23.8 Å². The van der Waals surface area contributed by atoms with Gasteiger partial charge in [0, 0.05) is 24.0 Å². The molecule has 0 saturated carbocycles.